The van der Waals surface area contributed by atoms with Crippen molar-refractivity contribution in [3.63, 3.8) is 0 Å². The zero-order valence-corrected chi connectivity index (χ0v) is 18.9. The fourth-order valence-corrected chi connectivity index (χ4v) is 4.60. The lowest BCUT2D eigenvalue weighted by molar-refractivity contribution is 0.146. The first-order valence-corrected chi connectivity index (χ1v) is 11.3. The number of nitrogens with one attached hydrogen (secondary N) is 1. The van der Waals surface area contributed by atoms with E-state index in [-0.39, 0.29) is 29.3 Å². The molecule has 0 unspecified atom stereocenters. The molecule has 3 heterocycles. The molecular weight excluding hydrogens is 429 g/mol. The Labute approximate surface area is 191 Å². The van der Waals surface area contributed by atoms with Gasteiger partial charge in [-0.05, 0) is 44.4 Å². The van der Waals surface area contributed by atoms with E-state index in [1.165, 1.54) is 12.1 Å². The summed E-state index contributed by atoms with van der Waals surface area (Å²) >= 11 is 0. The van der Waals surface area contributed by atoms with Crippen molar-refractivity contribution in [1.29, 1.82) is 0 Å². The summed E-state index contributed by atoms with van der Waals surface area (Å²) in [5.41, 5.74) is 0.817. The molecule has 2 bridgehead atoms. The molecule has 8 heteroatoms. The van der Waals surface area contributed by atoms with Gasteiger partial charge in [-0.3, -0.25) is 4.99 Å². The number of aromatic nitrogens is 2. The van der Waals surface area contributed by atoms with E-state index in [4.69, 9.17) is 4.99 Å². The molecule has 2 aromatic rings. The maximum absolute atomic E-state index is 14.5. The summed E-state index contributed by atoms with van der Waals surface area (Å²) in [6.45, 7) is 3.97. The number of hydrogen-bond donors (Lipinski definition) is 2. The van der Waals surface area contributed by atoms with Gasteiger partial charge in [0.25, 0.3) is 6.43 Å². The molecule has 33 heavy (non-hydrogen) atoms. The van der Waals surface area contributed by atoms with Gasteiger partial charge < -0.3 is 10.4 Å². The van der Waals surface area contributed by atoms with Gasteiger partial charge in [-0.25, -0.2) is 23.1 Å². The second-order valence-corrected chi connectivity index (χ2v) is 9.35. The average Bonchev–Trinajstić information content (AvgIpc) is 2.76. The number of fused-ring (bicyclic) bond motifs is 4. The third kappa shape index (κ3) is 5.37. The Morgan fingerprint density at radius 1 is 1.18 bits per heavy atom. The lowest BCUT2D eigenvalue weighted by atomic mass is 9.71. The molecule has 1 saturated carbocycles. The summed E-state index contributed by atoms with van der Waals surface area (Å²) in [5, 5.41) is 13.7. The molecule has 0 atom stereocenters. The van der Waals surface area contributed by atoms with Gasteiger partial charge in [0, 0.05) is 36.9 Å². The third-order valence-corrected chi connectivity index (χ3v) is 6.74. The lowest BCUT2D eigenvalue weighted by Gasteiger charge is -2.36. The molecular formula is C25H29F3N4O. The highest BCUT2D eigenvalue weighted by Gasteiger charge is 2.31. The minimum atomic E-state index is -2.88. The van der Waals surface area contributed by atoms with E-state index in [2.05, 4.69) is 22.2 Å². The van der Waals surface area contributed by atoms with E-state index in [9.17, 15) is 18.3 Å². The van der Waals surface area contributed by atoms with Crippen LogP contribution in [-0.4, -0.2) is 27.3 Å². The Bertz CT molecular complexity index is 1080. The summed E-state index contributed by atoms with van der Waals surface area (Å²) < 4.78 is 40.7. The van der Waals surface area contributed by atoms with E-state index < -0.39 is 17.8 Å². The predicted octanol–water partition coefficient (Wildman–Crippen LogP) is 6.53. The van der Waals surface area contributed by atoms with E-state index >= 15 is 0 Å². The van der Waals surface area contributed by atoms with Crippen LogP contribution in [0.5, 0.6) is 0 Å². The number of benzene rings is 1. The van der Waals surface area contributed by atoms with Crippen molar-refractivity contribution >= 4 is 18.1 Å². The minimum Gasteiger partial charge on any atom is -0.512 e. The van der Waals surface area contributed by atoms with Crippen LogP contribution in [0.1, 0.15) is 80.1 Å². The molecule has 5 nitrogen and oxygen atoms in total. The van der Waals surface area contributed by atoms with E-state index in [0.717, 1.165) is 38.2 Å². The van der Waals surface area contributed by atoms with Gasteiger partial charge in [0.2, 0.25) is 0 Å². The van der Waals surface area contributed by atoms with Crippen LogP contribution in [0.2, 0.25) is 0 Å². The number of nitrogens with zero attached hydrogens (tertiary/aromatic N) is 3. The van der Waals surface area contributed by atoms with Crippen molar-refractivity contribution in [3.05, 3.63) is 58.0 Å². The maximum atomic E-state index is 14.5. The number of anilines is 1. The van der Waals surface area contributed by atoms with Crippen LogP contribution in [0.15, 0.2) is 29.0 Å². The topological polar surface area (TPSA) is 70.4 Å². The van der Waals surface area contributed by atoms with Gasteiger partial charge in [-0.1, -0.05) is 25.1 Å². The first kappa shape index (κ1) is 23.3. The Hall–Kier alpha value is -2.90. The quantitative estimate of drug-likeness (QED) is 0.546. The second-order valence-electron chi connectivity index (χ2n) is 9.35. The van der Waals surface area contributed by atoms with Crippen LogP contribution in [0.4, 0.5) is 19.0 Å². The standard InChI is InChI=1S/C25H29F3N4O/c1-15-31-21-12-18(33)8-11-25(2)9-6-17(7-10-25)29-14-20(21)24(32-15)30-13-16-4-3-5-19(22(16)26)23(27)28/h3-5,12,14,17,23,33H,6-11,13H2,1-2H3,(H,30,31,32). The first-order chi connectivity index (χ1) is 15.7. The van der Waals surface area contributed by atoms with Crippen molar-refractivity contribution in [3.8, 4) is 0 Å². The first-order valence-electron chi connectivity index (χ1n) is 11.3. The van der Waals surface area contributed by atoms with Crippen molar-refractivity contribution in [2.75, 3.05) is 5.32 Å². The molecule has 1 fully saturated rings. The van der Waals surface area contributed by atoms with Crippen LogP contribution in [-0.2, 0) is 6.54 Å². The highest BCUT2D eigenvalue weighted by Crippen LogP contribution is 2.41. The van der Waals surface area contributed by atoms with Crippen LogP contribution < -0.4 is 5.32 Å². The lowest BCUT2D eigenvalue weighted by Crippen LogP contribution is -2.26. The summed E-state index contributed by atoms with van der Waals surface area (Å²) in [6.07, 6.45) is 6.02. The predicted molar refractivity (Wildman–Crippen MR) is 123 cm³/mol. The molecule has 0 saturated heterocycles. The van der Waals surface area contributed by atoms with Crippen LogP contribution >= 0.6 is 0 Å². The minimum absolute atomic E-state index is 0.0272. The SMILES string of the molecule is Cc1nc2c(c(NCc3cccc(C(F)F)c3F)n1)C=NC1CCC(C)(CCC(O)=C2)CC1. The number of aliphatic hydroxyl groups excluding tert-OH is 1. The van der Waals surface area contributed by atoms with Crippen LogP contribution in [0.25, 0.3) is 6.08 Å². The van der Waals surface area contributed by atoms with Crippen molar-refractivity contribution in [2.24, 2.45) is 10.4 Å². The largest absolute Gasteiger partial charge is 0.512 e. The van der Waals surface area contributed by atoms with Gasteiger partial charge in [0.15, 0.2) is 0 Å². The number of allylic oxidation sites excluding steroid dienone is 1. The second kappa shape index (κ2) is 9.53. The van der Waals surface area contributed by atoms with Gasteiger partial charge in [0.1, 0.15) is 17.5 Å². The number of aliphatic hydroxyl groups is 1. The fourth-order valence-electron chi connectivity index (χ4n) is 4.60. The van der Waals surface area contributed by atoms with Gasteiger partial charge >= 0.3 is 0 Å². The molecule has 0 radical (unpaired) electrons. The zero-order valence-electron chi connectivity index (χ0n) is 18.9. The van der Waals surface area contributed by atoms with Crippen molar-refractivity contribution in [2.45, 2.75) is 71.4 Å². The average molecular weight is 459 g/mol. The fraction of sp³-hybridized carbons (Fsp3) is 0.480. The third-order valence-electron chi connectivity index (χ3n) is 6.74. The Kier molecular flexibility index (Phi) is 6.72. The molecule has 1 aromatic carbocycles. The molecule has 2 N–H and O–H groups in total. The van der Waals surface area contributed by atoms with Crippen molar-refractivity contribution < 1.29 is 18.3 Å². The van der Waals surface area contributed by atoms with Crippen LogP contribution in [0, 0.1) is 18.2 Å². The summed E-state index contributed by atoms with van der Waals surface area (Å²) in [7, 11) is 0. The molecule has 0 spiro atoms. The number of aryl methyl sites for hydroxylation is 1. The molecule has 176 valence electrons. The molecule has 5 rings (SSSR count). The van der Waals surface area contributed by atoms with Crippen LogP contribution in [0.3, 0.4) is 0 Å². The normalized spacial score (nSPS) is 23.0. The number of alkyl halides is 2. The highest BCUT2D eigenvalue weighted by atomic mass is 19.3. The summed E-state index contributed by atoms with van der Waals surface area (Å²) in [5.74, 6) is 0.209. The number of hydrogen-bond acceptors (Lipinski definition) is 5. The number of rotatable bonds is 4. The van der Waals surface area contributed by atoms with Gasteiger partial charge in [-0.15, -0.1) is 0 Å². The molecule has 1 aromatic heterocycles. The van der Waals surface area contributed by atoms with Gasteiger partial charge in [0.05, 0.1) is 22.6 Å². The molecule has 3 aliphatic rings. The molecule has 1 aliphatic carbocycles. The Morgan fingerprint density at radius 3 is 2.67 bits per heavy atom. The zero-order chi connectivity index (χ0) is 23.6. The highest BCUT2D eigenvalue weighted by molar-refractivity contribution is 5.90. The molecule has 2 aliphatic heterocycles. The number of aliphatic imine (C=N–C) groups is 1. The maximum Gasteiger partial charge on any atom is 0.266 e. The number of halogens is 3. The van der Waals surface area contributed by atoms with E-state index in [1.807, 2.05) is 0 Å². The summed E-state index contributed by atoms with van der Waals surface area (Å²) in [6, 6.07) is 4.17. The Morgan fingerprint density at radius 2 is 1.94 bits per heavy atom. The molecule has 0 amide bonds. The smallest absolute Gasteiger partial charge is 0.266 e. The summed E-state index contributed by atoms with van der Waals surface area (Å²) in [4.78, 5) is 13.7. The van der Waals surface area contributed by atoms with Crippen molar-refractivity contribution in [1.82, 2.24) is 9.97 Å². The van der Waals surface area contributed by atoms with Gasteiger partial charge in [-0.2, -0.15) is 0 Å². The Balaban J connectivity index is 1.69. The van der Waals surface area contributed by atoms with E-state index in [0.29, 0.717) is 29.3 Å². The monoisotopic (exact) mass is 458 g/mol. The van der Waals surface area contributed by atoms with E-state index in [1.54, 1.807) is 19.2 Å².